The maximum atomic E-state index is 12.7. The van der Waals surface area contributed by atoms with E-state index in [-0.39, 0.29) is 17.9 Å². The monoisotopic (exact) mass is 286 g/mol. The largest absolute Gasteiger partial charge is 0.353 e. The summed E-state index contributed by atoms with van der Waals surface area (Å²) in [5.41, 5.74) is 1.38. The fraction of sp³-hybridized carbons (Fsp3) is 0.400. The van der Waals surface area contributed by atoms with Gasteiger partial charge < -0.3 is 14.6 Å². The van der Waals surface area contributed by atoms with Gasteiger partial charge in [0, 0.05) is 31.7 Å². The molecule has 1 aliphatic heterocycles. The first kappa shape index (κ1) is 13.6. The minimum absolute atomic E-state index is 0.0554. The normalized spacial score (nSPS) is 18.8. The first-order valence-electron chi connectivity index (χ1n) is 7.22. The molecule has 0 saturated carbocycles. The standard InChI is InChI=1S/C15H18N4O2/c1-2-3-12-14(20)17-7-9-19(12)15(21)11-4-5-13-16-6-8-18(13)10-11/h4-6,8,10,12H,2-3,7,9H2,1H3,(H,17,20)/t12-/m1/s1. The summed E-state index contributed by atoms with van der Waals surface area (Å²) in [7, 11) is 0. The molecule has 2 aromatic heterocycles. The maximum absolute atomic E-state index is 12.7. The van der Waals surface area contributed by atoms with Gasteiger partial charge in [0.1, 0.15) is 11.7 Å². The highest BCUT2D eigenvalue weighted by Crippen LogP contribution is 2.16. The number of carbonyl (C=O) groups is 2. The lowest BCUT2D eigenvalue weighted by molar-refractivity contribution is -0.128. The lowest BCUT2D eigenvalue weighted by atomic mass is 10.1. The van der Waals surface area contributed by atoms with Crippen molar-refractivity contribution in [2.45, 2.75) is 25.8 Å². The van der Waals surface area contributed by atoms with Crippen LogP contribution in [0.5, 0.6) is 0 Å². The van der Waals surface area contributed by atoms with Gasteiger partial charge in [-0.1, -0.05) is 13.3 Å². The smallest absolute Gasteiger partial charge is 0.256 e. The van der Waals surface area contributed by atoms with Crippen LogP contribution < -0.4 is 5.32 Å². The van der Waals surface area contributed by atoms with E-state index in [1.54, 1.807) is 29.6 Å². The molecule has 6 nitrogen and oxygen atoms in total. The zero-order chi connectivity index (χ0) is 14.8. The Morgan fingerprint density at radius 3 is 3.14 bits per heavy atom. The fourth-order valence-corrected chi connectivity index (χ4v) is 2.73. The third-order valence-electron chi connectivity index (χ3n) is 3.79. The number of nitrogens with zero attached hydrogens (tertiary/aromatic N) is 3. The molecule has 6 heteroatoms. The minimum atomic E-state index is -0.366. The zero-order valence-corrected chi connectivity index (χ0v) is 12.0. The van der Waals surface area contributed by atoms with Gasteiger partial charge in [-0.3, -0.25) is 9.59 Å². The van der Waals surface area contributed by atoms with E-state index >= 15 is 0 Å². The highest BCUT2D eigenvalue weighted by Gasteiger charge is 2.32. The topological polar surface area (TPSA) is 66.7 Å². The summed E-state index contributed by atoms with van der Waals surface area (Å²) >= 11 is 0. The van der Waals surface area contributed by atoms with Crippen LogP contribution in [0.4, 0.5) is 0 Å². The summed E-state index contributed by atoms with van der Waals surface area (Å²) in [6.45, 7) is 3.08. The number of aromatic nitrogens is 2. The Bertz CT molecular complexity index is 679. The molecule has 1 fully saturated rings. The van der Waals surface area contributed by atoms with Crippen molar-refractivity contribution >= 4 is 17.5 Å². The van der Waals surface area contributed by atoms with Crippen molar-refractivity contribution in [3.8, 4) is 0 Å². The van der Waals surface area contributed by atoms with Crippen LogP contribution in [-0.2, 0) is 4.79 Å². The molecule has 3 rings (SSSR count). The number of hydrogen-bond acceptors (Lipinski definition) is 3. The van der Waals surface area contributed by atoms with Crippen LogP contribution >= 0.6 is 0 Å². The van der Waals surface area contributed by atoms with Crippen LogP contribution in [0.2, 0.25) is 0 Å². The molecular weight excluding hydrogens is 268 g/mol. The van der Waals surface area contributed by atoms with E-state index in [9.17, 15) is 9.59 Å². The Balaban J connectivity index is 1.89. The predicted molar refractivity (Wildman–Crippen MR) is 77.9 cm³/mol. The van der Waals surface area contributed by atoms with Gasteiger partial charge in [-0.2, -0.15) is 0 Å². The van der Waals surface area contributed by atoms with E-state index in [1.165, 1.54) is 0 Å². The minimum Gasteiger partial charge on any atom is -0.353 e. The van der Waals surface area contributed by atoms with Gasteiger partial charge in [-0.05, 0) is 18.6 Å². The molecule has 1 saturated heterocycles. The molecule has 0 bridgehead atoms. The maximum Gasteiger partial charge on any atom is 0.256 e. The van der Waals surface area contributed by atoms with E-state index in [4.69, 9.17) is 0 Å². The number of fused-ring (bicyclic) bond motifs is 1. The van der Waals surface area contributed by atoms with Crippen LogP contribution in [0.1, 0.15) is 30.1 Å². The number of amides is 2. The molecular formula is C15H18N4O2. The number of hydrogen-bond donors (Lipinski definition) is 1. The van der Waals surface area contributed by atoms with Crippen LogP contribution in [0.15, 0.2) is 30.7 Å². The van der Waals surface area contributed by atoms with Crippen molar-refractivity contribution in [3.05, 3.63) is 36.3 Å². The Kier molecular flexibility index (Phi) is 3.60. The van der Waals surface area contributed by atoms with E-state index in [1.807, 2.05) is 17.4 Å². The summed E-state index contributed by atoms with van der Waals surface area (Å²) in [6.07, 6.45) is 6.81. The number of pyridine rings is 1. The number of carbonyl (C=O) groups excluding carboxylic acids is 2. The first-order valence-corrected chi connectivity index (χ1v) is 7.22. The molecule has 110 valence electrons. The molecule has 0 spiro atoms. The van der Waals surface area contributed by atoms with Gasteiger partial charge in [0.25, 0.3) is 5.91 Å². The number of rotatable bonds is 3. The highest BCUT2D eigenvalue weighted by molar-refractivity contribution is 5.98. The van der Waals surface area contributed by atoms with Crippen LogP contribution in [0, 0.1) is 0 Å². The average molecular weight is 286 g/mol. The van der Waals surface area contributed by atoms with Crippen molar-refractivity contribution in [2.75, 3.05) is 13.1 Å². The summed E-state index contributed by atoms with van der Waals surface area (Å²) in [5.74, 6) is -0.154. The molecule has 1 atom stereocenters. The van der Waals surface area contributed by atoms with E-state index in [0.717, 1.165) is 12.1 Å². The molecule has 0 aliphatic carbocycles. The number of imidazole rings is 1. The van der Waals surface area contributed by atoms with E-state index in [0.29, 0.717) is 25.1 Å². The second kappa shape index (κ2) is 5.55. The SMILES string of the molecule is CCC[C@@H]1C(=O)NCCN1C(=O)c1ccc2nccn2c1. The molecule has 1 N–H and O–H groups in total. The van der Waals surface area contributed by atoms with Gasteiger partial charge in [0.05, 0.1) is 5.56 Å². The van der Waals surface area contributed by atoms with Crippen molar-refractivity contribution in [2.24, 2.45) is 0 Å². The van der Waals surface area contributed by atoms with Crippen molar-refractivity contribution in [1.82, 2.24) is 19.6 Å². The van der Waals surface area contributed by atoms with Gasteiger partial charge in [-0.15, -0.1) is 0 Å². The lowest BCUT2D eigenvalue weighted by Gasteiger charge is -2.35. The van der Waals surface area contributed by atoms with Gasteiger partial charge >= 0.3 is 0 Å². The second-order valence-corrected chi connectivity index (χ2v) is 5.20. The van der Waals surface area contributed by atoms with Crippen molar-refractivity contribution in [3.63, 3.8) is 0 Å². The van der Waals surface area contributed by atoms with Crippen molar-refractivity contribution < 1.29 is 9.59 Å². The van der Waals surface area contributed by atoms with Gasteiger partial charge in [0.2, 0.25) is 5.91 Å². The molecule has 2 amide bonds. The zero-order valence-electron chi connectivity index (χ0n) is 12.0. The molecule has 1 aliphatic rings. The molecule has 0 radical (unpaired) electrons. The van der Waals surface area contributed by atoms with E-state index < -0.39 is 0 Å². The molecule has 2 aromatic rings. The lowest BCUT2D eigenvalue weighted by Crippen LogP contribution is -2.57. The fourth-order valence-electron chi connectivity index (χ4n) is 2.73. The molecule has 0 unspecified atom stereocenters. The Labute approximate surface area is 122 Å². The van der Waals surface area contributed by atoms with E-state index in [2.05, 4.69) is 10.3 Å². The number of piperazine rings is 1. The third-order valence-corrected chi connectivity index (χ3v) is 3.79. The van der Waals surface area contributed by atoms with Crippen LogP contribution in [0.25, 0.3) is 5.65 Å². The number of nitrogens with one attached hydrogen (secondary N) is 1. The molecule has 21 heavy (non-hydrogen) atoms. The molecule has 0 aromatic carbocycles. The molecule has 3 heterocycles. The summed E-state index contributed by atoms with van der Waals surface area (Å²) in [6, 6.07) is 3.21. The van der Waals surface area contributed by atoms with Crippen LogP contribution in [0.3, 0.4) is 0 Å². The Hall–Kier alpha value is -2.37. The third kappa shape index (κ3) is 2.49. The summed E-state index contributed by atoms with van der Waals surface area (Å²) in [5, 5.41) is 2.83. The van der Waals surface area contributed by atoms with Crippen LogP contribution in [-0.4, -0.2) is 45.2 Å². The average Bonchev–Trinajstić information content (AvgIpc) is 2.96. The van der Waals surface area contributed by atoms with Gasteiger partial charge in [-0.25, -0.2) is 4.98 Å². The van der Waals surface area contributed by atoms with Crippen molar-refractivity contribution in [1.29, 1.82) is 0 Å². The Morgan fingerprint density at radius 2 is 2.33 bits per heavy atom. The first-order chi connectivity index (χ1) is 10.2. The van der Waals surface area contributed by atoms with Gasteiger partial charge in [0.15, 0.2) is 0 Å². The predicted octanol–water partition coefficient (Wildman–Crippen LogP) is 1.07. The Morgan fingerprint density at radius 1 is 1.48 bits per heavy atom. The summed E-state index contributed by atoms with van der Waals surface area (Å²) in [4.78, 5) is 30.5. The quantitative estimate of drug-likeness (QED) is 0.918. The highest BCUT2D eigenvalue weighted by atomic mass is 16.2. The second-order valence-electron chi connectivity index (χ2n) is 5.20. The summed E-state index contributed by atoms with van der Waals surface area (Å²) < 4.78 is 1.81.